The second kappa shape index (κ2) is 4.92. The predicted octanol–water partition coefficient (Wildman–Crippen LogP) is 3.41. The lowest BCUT2D eigenvalue weighted by molar-refractivity contribution is 0.756. The van der Waals surface area contributed by atoms with Crippen LogP contribution >= 0.6 is 15.9 Å². The lowest BCUT2D eigenvalue weighted by Gasteiger charge is -2.10. The molecule has 0 atom stereocenters. The van der Waals surface area contributed by atoms with Crippen LogP contribution in [0.1, 0.15) is 16.8 Å². The van der Waals surface area contributed by atoms with E-state index in [1.165, 1.54) is 11.1 Å². The molecule has 1 aromatic heterocycles. The lowest BCUT2D eigenvalue weighted by Crippen LogP contribution is -2.01. The predicted molar refractivity (Wildman–Crippen MR) is 74.2 cm³/mol. The molecule has 4 heteroatoms. The molecule has 1 aromatic carbocycles. The van der Waals surface area contributed by atoms with Crippen molar-refractivity contribution in [1.29, 1.82) is 0 Å². The van der Waals surface area contributed by atoms with Gasteiger partial charge in [0, 0.05) is 35.5 Å². The maximum absolute atomic E-state index is 4.33. The van der Waals surface area contributed by atoms with Crippen LogP contribution in [0.25, 0.3) is 0 Å². The Balaban J connectivity index is 2.12. The van der Waals surface area contributed by atoms with E-state index in [1.54, 1.807) is 0 Å². The molecule has 2 aromatic rings. The van der Waals surface area contributed by atoms with Crippen LogP contribution < -0.4 is 5.32 Å². The Morgan fingerprint density at radius 1 is 1.35 bits per heavy atom. The molecule has 0 saturated carbocycles. The number of aryl methyl sites for hydroxylation is 2. The van der Waals surface area contributed by atoms with Gasteiger partial charge in [-0.25, -0.2) is 0 Å². The van der Waals surface area contributed by atoms with E-state index in [4.69, 9.17) is 0 Å². The molecular weight excluding hydrogens is 278 g/mol. The van der Waals surface area contributed by atoms with Crippen molar-refractivity contribution in [3.8, 4) is 0 Å². The zero-order valence-corrected chi connectivity index (χ0v) is 11.9. The number of benzene rings is 1. The van der Waals surface area contributed by atoms with Crippen LogP contribution in [0.5, 0.6) is 0 Å². The zero-order valence-electron chi connectivity index (χ0n) is 10.3. The minimum atomic E-state index is 0.803. The topological polar surface area (TPSA) is 29.9 Å². The number of nitrogens with one attached hydrogen (secondary N) is 1. The van der Waals surface area contributed by atoms with E-state index >= 15 is 0 Å². The van der Waals surface area contributed by atoms with Crippen LogP contribution in [0, 0.1) is 13.8 Å². The fourth-order valence-corrected chi connectivity index (χ4v) is 2.18. The first-order valence-corrected chi connectivity index (χ1v) is 6.35. The lowest BCUT2D eigenvalue weighted by atomic mass is 10.2. The van der Waals surface area contributed by atoms with Crippen LogP contribution in [0.4, 0.5) is 5.69 Å². The quantitative estimate of drug-likeness (QED) is 0.940. The second-order valence-electron chi connectivity index (χ2n) is 4.18. The molecule has 0 aliphatic heterocycles. The van der Waals surface area contributed by atoms with Gasteiger partial charge in [0.2, 0.25) is 0 Å². The van der Waals surface area contributed by atoms with Gasteiger partial charge in [0.05, 0.1) is 5.69 Å². The average Bonchev–Trinajstić information content (AvgIpc) is 2.60. The van der Waals surface area contributed by atoms with Crippen molar-refractivity contribution in [3.63, 3.8) is 0 Å². The third-order valence-electron chi connectivity index (χ3n) is 2.85. The van der Waals surface area contributed by atoms with Crippen molar-refractivity contribution in [1.82, 2.24) is 9.78 Å². The standard InChI is InChI=1S/C13H16BrN3/c1-9-12(14)5-4-6-13(9)15-7-11-8-17(3)16-10(11)2/h4-6,8,15H,7H2,1-3H3. The normalized spacial score (nSPS) is 10.6. The molecule has 0 unspecified atom stereocenters. The van der Waals surface area contributed by atoms with Crippen molar-refractivity contribution in [2.24, 2.45) is 7.05 Å². The highest BCUT2D eigenvalue weighted by atomic mass is 79.9. The molecule has 0 radical (unpaired) electrons. The average molecular weight is 294 g/mol. The molecule has 1 heterocycles. The number of rotatable bonds is 3. The van der Waals surface area contributed by atoms with Gasteiger partial charge in [0.15, 0.2) is 0 Å². The monoisotopic (exact) mass is 293 g/mol. The maximum atomic E-state index is 4.33. The van der Waals surface area contributed by atoms with Crippen molar-refractivity contribution >= 4 is 21.6 Å². The Labute approximate surface area is 110 Å². The summed E-state index contributed by atoms with van der Waals surface area (Å²) in [4.78, 5) is 0. The van der Waals surface area contributed by atoms with E-state index in [0.717, 1.165) is 22.4 Å². The molecule has 17 heavy (non-hydrogen) atoms. The molecule has 0 amide bonds. The summed E-state index contributed by atoms with van der Waals surface area (Å²) in [5.41, 5.74) is 4.69. The summed E-state index contributed by atoms with van der Waals surface area (Å²) in [5.74, 6) is 0. The Bertz CT molecular complexity index is 531. The Hall–Kier alpha value is -1.29. The zero-order chi connectivity index (χ0) is 12.4. The molecule has 90 valence electrons. The molecular formula is C13H16BrN3. The van der Waals surface area contributed by atoms with E-state index in [2.05, 4.69) is 51.6 Å². The number of hydrogen-bond donors (Lipinski definition) is 1. The molecule has 0 aliphatic carbocycles. The molecule has 0 saturated heterocycles. The van der Waals surface area contributed by atoms with Crippen molar-refractivity contribution in [3.05, 3.63) is 45.7 Å². The summed E-state index contributed by atoms with van der Waals surface area (Å²) in [7, 11) is 1.95. The summed E-state index contributed by atoms with van der Waals surface area (Å²) in [6, 6.07) is 6.18. The Morgan fingerprint density at radius 3 is 2.76 bits per heavy atom. The number of nitrogens with zero attached hydrogens (tertiary/aromatic N) is 2. The van der Waals surface area contributed by atoms with Gasteiger partial charge in [-0.05, 0) is 31.5 Å². The fourth-order valence-electron chi connectivity index (χ4n) is 1.81. The number of hydrogen-bond acceptors (Lipinski definition) is 2. The van der Waals surface area contributed by atoms with Crippen molar-refractivity contribution in [2.75, 3.05) is 5.32 Å². The van der Waals surface area contributed by atoms with E-state index in [-0.39, 0.29) is 0 Å². The number of anilines is 1. The maximum Gasteiger partial charge on any atom is 0.0643 e. The van der Waals surface area contributed by atoms with Crippen LogP contribution in [0.2, 0.25) is 0 Å². The molecule has 0 fully saturated rings. The highest BCUT2D eigenvalue weighted by Crippen LogP contribution is 2.24. The molecule has 0 aliphatic rings. The smallest absolute Gasteiger partial charge is 0.0643 e. The highest BCUT2D eigenvalue weighted by Gasteiger charge is 2.05. The van der Waals surface area contributed by atoms with E-state index < -0.39 is 0 Å². The van der Waals surface area contributed by atoms with E-state index in [0.29, 0.717) is 0 Å². The Kier molecular flexibility index (Phi) is 3.52. The van der Waals surface area contributed by atoms with Gasteiger partial charge in [-0.15, -0.1) is 0 Å². The van der Waals surface area contributed by atoms with Crippen LogP contribution in [0.3, 0.4) is 0 Å². The molecule has 0 spiro atoms. The first kappa shape index (κ1) is 12.2. The van der Waals surface area contributed by atoms with E-state index in [9.17, 15) is 0 Å². The summed E-state index contributed by atoms with van der Waals surface area (Å²) in [5, 5.41) is 7.77. The van der Waals surface area contributed by atoms with Crippen LogP contribution in [-0.4, -0.2) is 9.78 Å². The summed E-state index contributed by atoms with van der Waals surface area (Å²) < 4.78 is 2.98. The minimum Gasteiger partial charge on any atom is -0.381 e. The first-order chi connectivity index (χ1) is 8.08. The van der Waals surface area contributed by atoms with Gasteiger partial charge in [0.25, 0.3) is 0 Å². The van der Waals surface area contributed by atoms with Crippen molar-refractivity contribution in [2.45, 2.75) is 20.4 Å². The molecule has 2 rings (SSSR count). The van der Waals surface area contributed by atoms with E-state index in [1.807, 2.05) is 24.7 Å². The van der Waals surface area contributed by atoms with Gasteiger partial charge >= 0.3 is 0 Å². The third kappa shape index (κ3) is 2.69. The molecule has 0 bridgehead atoms. The number of halogens is 1. The largest absolute Gasteiger partial charge is 0.381 e. The molecule has 3 nitrogen and oxygen atoms in total. The van der Waals surface area contributed by atoms with Crippen molar-refractivity contribution < 1.29 is 0 Å². The van der Waals surface area contributed by atoms with Gasteiger partial charge < -0.3 is 5.32 Å². The van der Waals surface area contributed by atoms with Gasteiger partial charge in [0.1, 0.15) is 0 Å². The molecule has 1 N–H and O–H groups in total. The van der Waals surface area contributed by atoms with Gasteiger partial charge in [-0.2, -0.15) is 5.10 Å². The minimum absolute atomic E-state index is 0.803. The first-order valence-electron chi connectivity index (χ1n) is 5.56. The van der Waals surface area contributed by atoms with Crippen LogP contribution in [0.15, 0.2) is 28.9 Å². The summed E-state index contributed by atoms with van der Waals surface area (Å²) in [6.07, 6.45) is 2.05. The Morgan fingerprint density at radius 2 is 2.12 bits per heavy atom. The highest BCUT2D eigenvalue weighted by molar-refractivity contribution is 9.10. The van der Waals surface area contributed by atoms with Crippen LogP contribution in [-0.2, 0) is 13.6 Å². The van der Waals surface area contributed by atoms with Gasteiger partial charge in [-0.3, -0.25) is 4.68 Å². The number of aromatic nitrogens is 2. The third-order valence-corrected chi connectivity index (χ3v) is 3.71. The van der Waals surface area contributed by atoms with Gasteiger partial charge in [-0.1, -0.05) is 22.0 Å². The SMILES string of the molecule is Cc1nn(C)cc1CNc1cccc(Br)c1C. The summed E-state index contributed by atoms with van der Waals surface area (Å²) >= 11 is 3.53. The fraction of sp³-hybridized carbons (Fsp3) is 0.308. The second-order valence-corrected chi connectivity index (χ2v) is 5.03. The summed E-state index contributed by atoms with van der Waals surface area (Å²) in [6.45, 7) is 4.93.